The zero-order valence-corrected chi connectivity index (χ0v) is 17.9. The lowest BCUT2D eigenvalue weighted by Gasteiger charge is -2.09. The molecule has 156 valence electrons. The topological polar surface area (TPSA) is 84.8 Å². The van der Waals surface area contributed by atoms with Crippen LogP contribution in [0.2, 0.25) is 5.02 Å². The lowest BCUT2D eigenvalue weighted by Crippen LogP contribution is -2.19. The second-order valence-corrected chi connectivity index (χ2v) is 7.48. The molecule has 0 aliphatic carbocycles. The third-order valence-corrected chi connectivity index (χ3v) is 4.98. The van der Waals surface area contributed by atoms with Gasteiger partial charge >= 0.3 is 0 Å². The number of carbonyl (C=O) groups is 1. The van der Waals surface area contributed by atoms with E-state index in [2.05, 4.69) is 20.5 Å². The summed E-state index contributed by atoms with van der Waals surface area (Å²) in [4.78, 5) is 16.8. The van der Waals surface area contributed by atoms with Crippen molar-refractivity contribution < 1.29 is 9.53 Å². The Balaban J connectivity index is 1.39. The molecule has 2 aromatic carbocycles. The Labute approximate surface area is 188 Å². The largest absolute Gasteiger partial charge is 0.473 e. The number of hydrogen-bond donors (Lipinski definition) is 2. The molecule has 2 N–H and O–H groups in total. The average Bonchev–Trinajstić information content (AvgIpc) is 3.14. The number of nitrogens with zero attached hydrogens (tertiary/aromatic N) is 3. The van der Waals surface area contributed by atoms with Crippen LogP contribution in [-0.2, 0) is 17.9 Å². The molecule has 0 radical (unpaired) electrons. The molecule has 4 aromatic rings. The first-order valence-corrected chi connectivity index (χ1v) is 10.2. The van der Waals surface area contributed by atoms with E-state index < -0.39 is 0 Å². The standard InChI is InChI=1S/C22H18ClN5O2S/c23-17-8-6-16(7-9-17)21-26-27-22(31)28(21)13-19(29)25-18-10-11-20(24-12-18)30-14-15-4-2-1-3-5-15/h1-12H,13-14H2,(H,25,29)(H,27,31). The quantitative estimate of drug-likeness (QED) is 0.391. The predicted octanol–water partition coefficient (Wildman–Crippen LogP) is 4.87. The van der Waals surface area contributed by atoms with Crippen molar-refractivity contribution >= 4 is 35.4 Å². The highest BCUT2D eigenvalue weighted by molar-refractivity contribution is 7.71. The molecule has 9 heteroatoms. The van der Waals surface area contributed by atoms with Crippen molar-refractivity contribution in [2.75, 3.05) is 5.32 Å². The third kappa shape index (κ3) is 5.36. The van der Waals surface area contributed by atoms with Crippen molar-refractivity contribution in [1.29, 1.82) is 0 Å². The number of H-pyrrole nitrogens is 1. The van der Waals surface area contributed by atoms with E-state index in [1.54, 1.807) is 35.0 Å². The lowest BCUT2D eigenvalue weighted by molar-refractivity contribution is -0.116. The van der Waals surface area contributed by atoms with Gasteiger partial charge in [0.2, 0.25) is 11.8 Å². The molecule has 2 heterocycles. The first-order chi connectivity index (χ1) is 15.1. The molecular formula is C22H18ClN5O2S. The summed E-state index contributed by atoms with van der Waals surface area (Å²) in [5.74, 6) is 0.774. The second-order valence-electron chi connectivity index (χ2n) is 6.65. The summed E-state index contributed by atoms with van der Waals surface area (Å²) >= 11 is 11.2. The van der Waals surface area contributed by atoms with Gasteiger partial charge in [0, 0.05) is 16.7 Å². The number of aromatic amines is 1. The van der Waals surface area contributed by atoms with Gasteiger partial charge in [-0.25, -0.2) is 4.98 Å². The van der Waals surface area contributed by atoms with Crippen molar-refractivity contribution in [1.82, 2.24) is 19.7 Å². The van der Waals surface area contributed by atoms with Gasteiger partial charge in [0.15, 0.2) is 10.6 Å². The van der Waals surface area contributed by atoms with Gasteiger partial charge in [-0.15, -0.1) is 0 Å². The summed E-state index contributed by atoms with van der Waals surface area (Å²) in [5, 5.41) is 10.4. The van der Waals surface area contributed by atoms with Crippen molar-refractivity contribution in [3.8, 4) is 17.3 Å². The van der Waals surface area contributed by atoms with Gasteiger partial charge in [0.1, 0.15) is 13.2 Å². The summed E-state index contributed by atoms with van der Waals surface area (Å²) in [7, 11) is 0. The summed E-state index contributed by atoms with van der Waals surface area (Å²) in [6.45, 7) is 0.422. The van der Waals surface area contributed by atoms with Crippen LogP contribution in [0.25, 0.3) is 11.4 Å². The van der Waals surface area contributed by atoms with Crippen LogP contribution in [0.4, 0.5) is 5.69 Å². The smallest absolute Gasteiger partial charge is 0.244 e. The molecule has 31 heavy (non-hydrogen) atoms. The van der Waals surface area contributed by atoms with Crippen LogP contribution < -0.4 is 10.1 Å². The SMILES string of the molecule is O=C(Cn1c(-c2ccc(Cl)cc2)n[nH]c1=S)Nc1ccc(OCc2ccccc2)nc1. The van der Waals surface area contributed by atoms with Crippen molar-refractivity contribution in [2.24, 2.45) is 0 Å². The zero-order valence-electron chi connectivity index (χ0n) is 16.3. The summed E-state index contributed by atoms with van der Waals surface area (Å²) in [6, 6.07) is 20.4. The van der Waals surface area contributed by atoms with E-state index in [1.165, 1.54) is 0 Å². The minimum Gasteiger partial charge on any atom is -0.473 e. The number of halogens is 1. The first kappa shape index (κ1) is 20.8. The van der Waals surface area contributed by atoms with E-state index >= 15 is 0 Å². The lowest BCUT2D eigenvalue weighted by atomic mass is 10.2. The molecule has 1 amide bonds. The van der Waals surface area contributed by atoms with E-state index in [4.69, 9.17) is 28.6 Å². The molecule has 0 saturated heterocycles. The summed E-state index contributed by atoms with van der Waals surface area (Å²) in [6.07, 6.45) is 1.55. The average molecular weight is 452 g/mol. The molecule has 0 unspecified atom stereocenters. The maximum absolute atomic E-state index is 12.6. The highest BCUT2D eigenvalue weighted by Gasteiger charge is 2.13. The van der Waals surface area contributed by atoms with Gasteiger partial charge in [-0.3, -0.25) is 14.5 Å². The molecule has 0 atom stereocenters. The highest BCUT2D eigenvalue weighted by Crippen LogP contribution is 2.20. The van der Waals surface area contributed by atoms with Crippen LogP contribution in [0.1, 0.15) is 5.56 Å². The molecule has 0 aliphatic heterocycles. The normalized spacial score (nSPS) is 10.6. The molecule has 0 spiro atoms. The van der Waals surface area contributed by atoms with E-state index in [0.717, 1.165) is 11.1 Å². The van der Waals surface area contributed by atoms with Gasteiger partial charge in [-0.05, 0) is 48.1 Å². The van der Waals surface area contributed by atoms with Gasteiger partial charge in [0.25, 0.3) is 0 Å². The number of nitrogens with one attached hydrogen (secondary N) is 2. The number of hydrogen-bond acceptors (Lipinski definition) is 5. The predicted molar refractivity (Wildman–Crippen MR) is 121 cm³/mol. The maximum atomic E-state index is 12.6. The second kappa shape index (κ2) is 9.55. The number of ether oxygens (including phenoxy) is 1. The van der Waals surface area contributed by atoms with Crippen molar-refractivity contribution in [3.05, 3.63) is 88.3 Å². The zero-order chi connectivity index (χ0) is 21.6. The number of rotatable bonds is 7. The number of anilines is 1. The van der Waals surface area contributed by atoms with Crippen LogP contribution in [0.5, 0.6) is 5.88 Å². The maximum Gasteiger partial charge on any atom is 0.244 e. The Kier molecular flexibility index (Phi) is 6.40. The molecule has 0 aliphatic rings. The van der Waals surface area contributed by atoms with E-state index in [-0.39, 0.29) is 12.5 Å². The Morgan fingerprint density at radius 1 is 1.10 bits per heavy atom. The van der Waals surface area contributed by atoms with Crippen molar-refractivity contribution in [3.63, 3.8) is 0 Å². The third-order valence-electron chi connectivity index (χ3n) is 4.41. The highest BCUT2D eigenvalue weighted by atomic mass is 35.5. The van der Waals surface area contributed by atoms with Gasteiger partial charge in [0.05, 0.1) is 11.9 Å². The fourth-order valence-corrected chi connectivity index (χ4v) is 3.22. The molecule has 4 rings (SSSR count). The Hall–Kier alpha value is -3.49. The monoisotopic (exact) mass is 451 g/mol. The molecular weight excluding hydrogens is 434 g/mol. The number of benzene rings is 2. The molecule has 2 aromatic heterocycles. The minimum atomic E-state index is -0.257. The Morgan fingerprint density at radius 2 is 1.87 bits per heavy atom. The van der Waals surface area contributed by atoms with E-state index in [1.807, 2.05) is 42.5 Å². The first-order valence-electron chi connectivity index (χ1n) is 9.42. The van der Waals surface area contributed by atoms with Crippen LogP contribution in [0.15, 0.2) is 72.9 Å². The van der Waals surface area contributed by atoms with Crippen LogP contribution in [-0.4, -0.2) is 25.7 Å². The van der Waals surface area contributed by atoms with E-state index in [0.29, 0.717) is 33.8 Å². The minimum absolute atomic E-state index is 0.000445. The van der Waals surface area contributed by atoms with Crippen LogP contribution >= 0.6 is 23.8 Å². The fourth-order valence-electron chi connectivity index (χ4n) is 2.90. The van der Waals surface area contributed by atoms with Gasteiger partial charge in [-0.1, -0.05) is 41.9 Å². The Morgan fingerprint density at radius 3 is 2.58 bits per heavy atom. The van der Waals surface area contributed by atoms with Gasteiger partial charge in [-0.2, -0.15) is 5.10 Å². The molecule has 7 nitrogen and oxygen atoms in total. The summed E-state index contributed by atoms with van der Waals surface area (Å²) < 4.78 is 7.64. The Bertz CT molecular complexity index is 1220. The molecule has 0 saturated carbocycles. The van der Waals surface area contributed by atoms with Gasteiger partial charge < -0.3 is 10.1 Å². The number of pyridine rings is 1. The summed E-state index contributed by atoms with van der Waals surface area (Å²) in [5.41, 5.74) is 2.40. The van der Waals surface area contributed by atoms with Crippen LogP contribution in [0, 0.1) is 4.77 Å². The molecule has 0 fully saturated rings. The molecule has 0 bridgehead atoms. The number of aromatic nitrogens is 4. The number of carbonyl (C=O) groups excluding carboxylic acids is 1. The van der Waals surface area contributed by atoms with E-state index in [9.17, 15) is 4.79 Å². The van der Waals surface area contributed by atoms with Crippen LogP contribution in [0.3, 0.4) is 0 Å². The number of amides is 1. The van der Waals surface area contributed by atoms with Crippen molar-refractivity contribution in [2.45, 2.75) is 13.2 Å². The fraction of sp³-hybridized carbons (Fsp3) is 0.0909.